The van der Waals surface area contributed by atoms with Gasteiger partial charge >= 0.3 is 0 Å². The molecule has 4 heterocycles. The standard InChI is InChI=1S/C25H29N5O3/c1-4-28(5-2)14-8-16-30-22(18-10-12-26-13-11-18)20(24(32)25(30)33)23(31)21-17(3)27-19-9-6-7-15-29(19)21/h6-7,9-13,15,22,31H,4-5,8,14,16H2,1-3H3/b23-20+. The Morgan fingerprint density at radius 1 is 1.12 bits per heavy atom. The van der Waals surface area contributed by atoms with Gasteiger partial charge in [0.05, 0.1) is 37.1 Å². The third-order valence-electron chi connectivity index (χ3n) is 6.40. The van der Waals surface area contributed by atoms with Gasteiger partial charge in [0.1, 0.15) is 5.65 Å². The second-order valence-corrected chi connectivity index (χ2v) is 8.29. The van der Waals surface area contributed by atoms with Crippen LogP contribution in [0.25, 0.3) is 11.4 Å². The molecule has 1 fully saturated rings. The highest BCUT2D eigenvalue weighted by Gasteiger charge is 2.44. The van der Waals surface area contributed by atoms with E-state index in [0.717, 1.165) is 26.1 Å². The number of nitrogens with zero attached hydrogens (tertiary/aromatic N) is 4. The van der Waals surface area contributed by atoms with Crippen LogP contribution in [0.5, 0.6) is 0 Å². The van der Waals surface area contributed by atoms with Crippen molar-refractivity contribution < 1.29 is 19.6 Å². The molecule has 3 aromatic rings. The highest BCUT2D eigenvalue weighted by atomic mass is 16.3. The number of hydrogen-bond donors (Lipinski definition) is 1. The largest absolute Gasteiger partial charge is 0.871 e. The minimum atomic E-state index is -0.735. The van der Waals surface area contributed by atoms with E-state index in [1.54, 1.807) is 59.1 Å². The summed E-state index contributed by atoms with van der Waals surface area (Å²) in [5, 5.41) is 13.8. The molecule has 33 heavy (non-hydrogen) atoms. The number of rotatable bonds is 8. The third kappa shape index (κ3) is 4.14. The Morgan fingerprint density at radius 2 is 1.85 bits per heavy atom. The number of Topliss-reactive ketones (excluding diaryl/α,β-unsaturated/α-hetero) is 1. The van der Waals surface area contributed by atoms with Crippen LogP contribution in [0, 0.1) is 6.92 Å². The molecule has 172 valence electrons. The number of pyridine rings is 2. The first kappa shape index (κ1) is 22.7. The monoisotopic (exact) mass is 447 g/mol. The number of quaternary nitrogens is 1. The van der Waals surface area contributed by atoms with Crippen LogP contribution >= 0.6 is 0 Å². The van der Waals surface area contributed by atoms with Crippen LogP contribution in [-0.4, -0.2) is 57.1 Å². The topological polar surface area (TPSA) is 95.1 Å². The van der Waals surface area contributed by atoms with Gasteiger partial charge in [-0.1, -0.05) is 11.8 Å². The zero-order chi connectivity index (χ0) is 23.5. The minimum Gasteiger partial charge on any atom is -0.871 e. The molecule has 1 atom stereocenters. The molecule has 0 saturated carbocycles. The van der Waals surface area contributed by atoms with E-state index in [2.05, 4.69) is 23.8 Å². The number of nitrogens with one attached hydrogen (secondary N) is 1. The molecule has 0 aromatic carbocycles. The molecule has 1 saturated heterocycles. The van der Waals surface area contributed by atoms with Crippen molar-refractivity contribution in [3.05, 3.63) is 71.4 Å². The van der Waals surface area contributed by atoms with Crippen LogP contribution in [0.3, 0.4) is 0 Å². The van der Waals surface area contributed by atoms with Crippen molar-refractivity contribution >= 4 is 23.1 Å². The van der Waals surface area contributed by atoms with E-state index in [-0.39, 0.29) is 5.57 Å². The lowest BCUT2D eigenvalue weighted by atomic mass is 9.97. The first-order chi connectivity index (χ1) is 16.0. The number of likely N-dealkylation sites (tertiary alicyclic amines) is 1. The van der Waals surface area contributed by atoms with Crippen molar-refractivity contribution in [2.24, 2.45) is 0 Å². The molecule has 1 aliphatic heterocycles. The molecular formula is C25H29N5O3. The first-order valence-electron chi connectivity index (χ1n) is 11.4. The zero-order valence-corrected chi connectivity index (χ0v) is 19.2. The third-order valence-corrected chi connectivity index (χ3v) is 6.40. The molecule has 3 aromatic heterocycles. The zero-order valence-electron chi connectivity index (χ0n) is 19.2. The quantitative estimate of drug-likeness (QED) is 0.310. The molecular weight excluding hydrogens is 418 g/mol. The molecule has 8 nitrogen and oxygen atoms in total. The van der Waals surface area contributed by atoms with Gasteiger partial charge in [-0.3, -0.25) is 14.6 Å². The fourth-order valence-electron chi connectivity index (χ4n) is 4.61. The lowest BCUT2D eigenvalue weighted by Crippen LogP contribution is -3.11. The smallest absolute Gasteiger partial charge is 0.295 e. The minimum absolute atomic E-state index is 0.0184. The van der Waals surface area contributed by atoms with Gasteiger partial charge in [-0.25, -0.2) is 4.98 Å². The Hall–Kier alpha value is -3.52. The van der Waals surface area contributed by atoms with Crippen molar-refractivity contribution in [1.29, 1.82) is 0 Å². The summed E-state index contributed by atoms with van der Waals surface area (Å²) < 4.78 is 1.68. The summed E-state index contributed by atoms with van der Waals surface area (Å²) >= 11 is 0. The van der Waals surface area contributed by atoms with E-state index in [9.17, 15) is 14.7 Å². The van der Waals surface area contributed by atoms with E-state index in [1.165, 1.54) is 4.90 Å². The van der Waals surface area contributed by atoms with Crippen molar-refractivity contribution in [1.82, 2.24) is 19.3 Å². The van der Waals surface area contributed by atoms with Gasteiger partial charge in [-0.05, 0) is 50.6 Å². The first-order valence-corrected chi connectivity index (χ1v) is 11.4. The fourth-order valence-corrected chi connectivity index (χ4v) is 4.61. The summed E-state index contributed by atoms with van der Waals surface area (Å²) in [6.45, 7) is 9.31. The SMILES string of the molecule is CC[NH+](CC)CCCN1C(=O)C(=O)/C(=C(/[O-])c2c(C)nc3ccccn23)C1c1ccncc1. The Balaban J connectivity index is 1.80. The maximum atomic E-state index is 13.8. The van der Waals surface area contributed by atoms with Gasteiger partial charge in [0.15, 0.2) is 0 Å². The summed E-state index contributed by atoms with van der Waals surface area (Å²) in [5.41, 5.74) is 2.14. The van der Waals surface area contributed by atoms with Crippen LogP contribution in [0.15, 0.2) is 54.5 Å². The van der Waals surface area contributed by atoms with Crippen LogP contribution < -0.4 is 10.0 Å². The van der Waals surface area contributed by atoms with Crippen LogP contribution in [0.2, 0.25) is 0 Å². The summed E-state index contributed by atoms with van der Waals surface area (Å²) in [6.07, 6.45) is 5.72. The van der Waals surface area contributed by atoms with Gasteiger partial charge in [-0.15, -0.1) is 0 Å². The van der Waals surface area contributed by atoms with Crippen molar-refractivity contribution in [3.8, 4) is 0 Å². The van der Waals surface area contributed by atoms with Crippen molar-refractivity contribution in [2.75, 3.05) is 26.2 Å². The number of hydrogen-bond acceptors (Lipinski definition) is 5. The lowest BCUT2D eigenvalue weighted by Gasteiger charge is -2.28. The van der Waals surface area contributed by atoms with Crippen LogP contribution in [0.1, 0.15) is 43.3 Å². The molecule has 1 N–H and O–H groups in total. The average molecular weight is 448 g/mol. The summed E-state index contributed by atoms with van der Waals surface area (Å²) in [6, 6.07) is 8.23. The second kappa shape index (κ2) is 9.54. The number of aryl methyl sites for hydroxylation is 1. The Labute approximate surface area is 193 Å². The van der Waals surface area contributed by atoms with E-state index in [4.69, 9.17) is 0 Å². The highest BCUT2D eigenvalue weighted by molar-refractivity contribution is 6.46. The maximum Gasteiger partial charge on any atom is 0.295 e. The van der Waals surface area contributed by atoms with Crippen molar-refractivity contribution in [2.45, 2.75) is 33.2 Å². The van der Waals surface area contributed by atoms with E-state index in [1.807, 2.05) is 6.07 Å². The number of fused-ring (bicyclic) bond motifs is 1. The summed E-state index contributed by atoms with van der Waals surface area (Å²) in [7, 11) is 0. The molecule has 4 rings (SSSR count). The van der Waals surface area contributed by atoms with Crippen molar-refractivity contribution in [3.63, 3.8) is 0 Å². The highest BCUT2D eigenvalue weighted by Crippen LogP contribution is 2.38. The summed E-state index contributed by atoms with van der Waals surface area (Å²) in [4.78, 5) is 37.8. The van der Waals surface area contributed by atoms with Gasteiger partial charge < -0.3 is 19.3 Å². The number of aromatic nitrogens is 3. The van der Waals surface area contributed by atoms with E-state index < -0.39 is 23.5 Å². The lowest BCUT2D eigenvalue weighted by molar-refractivity contribution is -0.896. The molecule has 0 radical (unpaired) electrons. The number of imidazole rings is 1. The van der Waals surface area contributed by atoms with Gasteiger partial charge in [0.2, 0.25) is 5.78 Å². The molecule has 1 amide bonds. The predicted molar refractivity (Wildman–Crippen MR) is 122 cm³/mol. The maximum absolute atomic E-state index is 13.8. The van der Waals surface area contributed by atoms with Crippen LogP contribution in [0.4, 0.5) is 0 Å². The Morgan fingerprint density at radius 3 is 2.55 bits per heavy atom. The number of amides is 1. The summed E-state index contributed by atoms with van der Waals surface area (Å²) in [5.74, 6) is -1.81. The normalized spacial score (nSPS) is 18.1. The van der Waals surface area contributed by atoms with Gasteiger partial charge in [-0.2, -0.15) is 0 Å². The average Bonchev–Trinajstić information content (AvgIpc) is 3.30. The molecule has 8 heteroatoms. The molecule has 1 aliphatic rings. The predicted octanol–water partition coefficient (Wildman–Crippen LogP) is 0.577. The number of carbonyl (C=O) groups excluding carboxylic acids is 2. The van der Waals surface area contributed by atoms with Gasteiger partial charge in [0.25, 0.3) is 5.91 Å². The molecule has 0 spiro atoms. The Kier molecular flexibility index (Phi) is 6.55. The number of carbonyl (C=O) groups is 2. The second-order valence-electron chi connectivity index (χ2n) is 8.29. The van der Waals surface area contributed by atoms with E-state index in [0.29, 0.717) is 29.1 Å². The molecule has 0 aliphatic carbocycles. The number of ketones is 1. The van der Waals surface area contributed by atoms with E-state index >= 15 is 0 Å². The Bertz CT molecular complexity index is 1200. The molecule has 0 bridgehead atoms. The van der Waals surface area contributed by atoms with Gasteiger partial charge in [0, 0.05) is 37.1 Å². The molecule has 1 unspecified atom stereocenters. The fraction of sp³-hybridized carbons (Fsp3) is 0.360. The van der Waals surface area contributed by atoms with Crippen LogP contribution in [-0.2, 0) is 9.59 Å².